The number of nitrogens with zero attached hydrogens (tertiary/aromatic N) is 4. The predicted molar refractivity (Wildman–Crippen MR) is 125 cm³/mol. The lowest BCUT2D eigenvalue weighted by molar-refractivity contribution is -0.115. The Bertz CT molecular complexity index is 1500. The SMILES string of the molecule is CCC(=O)Nc1ccc(-c2cnc3n[nH]c(-c4nc5c(C(=O)NC)cccc5[nH]4)c3c2)cn1. The minimum atomic E-state index is -0.205. The molecule has 10 heteroatoms. The maximum Gasteiger partial charge on any atom is 0.253 e. The summed E-state index contributed by atoms with van der Waals surface area (Å²) in [7, 11) is 1.59. The number of anilines is 1. The Morgan fingerprint density at radius 3 is 2.67 bits per heavy atom. The fourth-order valence-electron chi connectivity index (χ4n) is 3.58. The molecule has 4 aromatic heterocycles. The lowest BCUT2D eigenvalue weighted by atomic mass is 10.1. The summed E-state index contributed by atoms with van der Waals surface area (Å²) >= 11 is 0. The van der Waals surface area contributed by atoms with Crippen LogP contribution in [-0.4, -0.2) is 49.0 Å². The summed E-state index contributed by atoms with van der Waals surface area (Å²) in [5.41, 5.74) is 4.70. The largest absolute Gasteiger partial charge is 0.355 e. The smallest absolute Gasteiger partial charge is 0.253 e. The first-order chi connectivity index (χ1) is 16.1. The quantitative estimate of drug-likeness (QED) is 0.330. The van der Waals surface area contributed by atoms with Crippen LogP contribution >= 0.6 is 0 Å². The normalized spacial score (nSPS) is 11.1. The Hall–Kier alpha value is -4.60. The summed E-state index contributed by atoms with van der Waals surface area (Å²) in [5.74, 6) is 0.756. The van der Waals surface area contributed by atoms with Crippen LogP contribution in [0.15, 0.2) is 48.8 Å². The number of benzene rings is 1. The lowest BCUT2D eigenvalue weighted by Crippen LogP contribution is -2.18. The number of para-hydroxylation sites is 1. The predicted octanol–water partition coefficient (Wildman–Crippen LogP) is 3.27. The molecule has 4 heterocycles. The molecule has 0 atom stereocenters. The van der Waals surface area contributed by atoms with Crippen LogP contribution < -0.4 is 10.6 Å². The molecule has 0 aliphatic carbocycles. The number of aromatic amines is 2. The van der Waals surface area contributed by atoms with Crippen molar-refractivity contribution in [2.24, 2.45) is 0 Å². The van der Waals surface area contributed by atoms with Gasteiger partial charge in [0, 0.05) is 37.0 Å². The van der Waals surface area contributed by atoms with E-state index in [2.05, 4.69) is 40.8 Å². The van der Waals surface area contributed by atoms with Gasteiger partial charge in [-0.15, -0.1) is 0 Å². The first kappa shape index (κ1) is 20.3. The van der Waals surface area contributed by atoms with Crippen LogP contribution in [0.2, 0.25) is 0 Å². The summed E-state index contributed by atoms with van der Waals surface area (Å²) in [6.45, 7) is 1.79. The van der Waals surface area contributed by atoms with Crippen LogP contribution in [0, 0.1) is 0 Å². The molecule has 5 rings (SSSR count). The zero-order valence-electron chi connectivity index (χ0n) is 17.9. The van der Waals surface area contributed by atoms with E-state index in [1.54, 1.807) is 44.6 Å². The van der Waals surface area contributed by atoms with E-state index in [1.807, 2.05) is 18.2 Å². The molecule has 10 nitrogen and oxygen atoms in total. The van der Waals surface area contributed by atoms with Gasteiger partial charge in [-0.05, 0) is 30.3 Å². The number of amides is 2. The Kier molecular flexibility index (Phi) is 5.02. The summed E-state index contributed by atoms with van der Waals surface area (Å²) in [5, 5.41) is 13.4. The summed E-state index contributed by atoms with van der Waals surface area (Å²) < 4.78 is 0. The number of hydrogen-bond donors (Lipinski definition) is 4. The van der Waals surface area contributed by atoms with E-state index in [-0.39, 0.29) is 11.8 Å². The topological polar surface area (TPSA) is 141 Å². The maximum atomic E-state index is 12.2. The molecule has 33 heavy (non-hydrogen) atoms. The molecule has 0 aliphatic heterocycles. The number of fused-ring (bicyclic) bond motifs is 2. The van der Waals surface area contributed by atoms with Gasteiger partial charge in [-0.25, -0.2) is 15.0 Å². The van der Waals surface area contributed by atoms with Crippen LogP contribution in [0.5, 0.6) is 0 Å². The van der Waals surface area contributed by atoms with Gasteiger partial charge in [0.2, 0.25) is 5.91 Å². The second kappa shape index (κ2) is 8.15. The first-order valence-electron chi connectivity index (χ1n) is 10.4. The van der Waals surface area contributed by atoms with Crippen molar-refractivity contribution in [2.75, 3.05) is 12.4 Å². The van der Waals surface area contributed by atoms with E-state index in [9.17, 15) is 9.59 Å². The van der Waals surface area contributed by atoms with E-state index in [0.29, 0.717) is 40.5 Å². The van der Waals surface area contributed by atoms with Gasteiger partial charge in [-0.1, -0.05) is 13.0 Å². The molecule has 0 saturated carbocycles. The molecule has 0 spiro atoms. The lowest BCUT2D eigenvalue weighted by Gasteiger charge is -2.05. The molecule has 2 amide bonds. The van der Waals surface area contributed by atoms with Crippen molar-refractivity contribution in [3.8, 4) is 22.6 Å². The van der Waals surface area contributed by atoms with Crippen molar-refractivity contribution in [1.29, 1.82) is 0 Å². The molecule has 164 valence electrons. The number of carbonyl (C=O) groups excluding carboxylic acids is 2. The Labute approximate surface area is 187 Å². The molecule has 1 aromatic carbocycles. The number of carbonyl (C=O) groups is 2. The van der Waals surface area contributed by atoms with Gasteiger partial charge in [-0.3, -0.25) is 14.7 Å². The van der Waals surface area contributed by atoms with Crippen molar-refractivity contribution >= 4 is 39.7 Å². The van der Waals surface area contributed by atoms with E-state index in [1.165, 1.54) is 0 Å². The molecule has 5 aromatic rings. The van der Waals surface area contributed by atoms with Gasteiger partial charge in [0.15, 0.2) is 11.5 Å². The van der Waals surface area contributed by atoms with Gasteiger partial charge in [-0.2, -0.15) is 5.10 Å². The van der Waals surface area contributed by atoms with Crippen molar-refractivity contribution in [3.05, 3.63) is 54.4 Å². The minimum absolute atomic E-state index is 0.0909. The third-order valence-electron chi connectivity index (χ3n) is 5.32. The van der Waals surface area contributed by atoms with Crippen molar-refractivity contribution in [1.82, 2.24) is 35.5 Å². The third kappa shape index (κ3) is 3.67. The molecule has 0 radical (unpaired) electrons. The Morgan fingerprint density at radius 1 is 1.06 bits per heavy atom. The zero-order valence-corrected chi connectivity index (χ0v) is 17.9. The molecule has 0 saturated heterocycles. The highest BCUT2D eigenvalue weighted by molar-refractivity contribution is 6.05. The average Bonchev–Trinajstić information content (AvgIpc) is 3.47. The third-order valence-corrected chi connectivity index (χ3v) is 5.32. The van der Waals surface area contributed by atoms with Gasteiger partial charge in [0.1, 0.15) is 17.0 Å². The molecule has 0 bridgehead atoms. The highest BCUT2D eigenvalue weighted by atomic mass is 16.2. The van der Waals surface area contributed by atoms with Gasteiger partial charge >= 0.3 is 0 Å². The van der Waals surface area contributed by atoms with E-state index in [0.717, 1.165) is 22.0 Å². The van der Waals surface area contributed by atoms with Crippen LogP contribution in [0.3, 0.4) is 0 Å². The monoisotopic (exact) mass is 440 g/mol. The molecule has 0 aliphatic rings. The zero-order chi connectivity index (χ0) is 22.9. The van der Waals surface area contributed by atoms with Crippen LogP contribution in [0.1, 0.15) is 23.7 Å². The van der Waals surface area contributed by atoms with E-state index >= 15 is 0 Å². The van der Waals surface area contributed by atoms with Crippen molar-refractivity contribution in [3.63, 3.8) is 0 Å². The van der Waals surface area contributed by atoms with Crippen molar-refractivity contribution in [2.45, 2.75) is 13.3 Å². The summed E-state index contributed by atoms with van der Waals surface area (Å²) in [4.78, 5) is 40.5. The number of rotatable bonds is 5. The highest BCUT2D eigenvalue weighted by Crippen LogP contribution is 2.29. The standard InChI is InChI=1S/C23H20N8O2/c1-3-18(32)28-17-8-7-12(10-25-17)13-9-15-20(30-31-21(15)26-11-13)22-27-16-6-4-5-14(19(16)29-22)23(33)24-2/h4-11H,3H2,1-2H3,(H,24,33)(H,27,29)(H,25,28,32)(H,26,30,31). The fourth-order valence-corrected chi connectivity index (χ4v) is 3.58. The second-order valence-electron chi connectivity index (χ2n) is 7.39. The number of nitrogens with one attached hydrogen (secondary N) is 4. The fraction of sp³-hybridized carbons (Fsp3) is 0.130. The molecular formula is C23H20N8O2. The van der Waals surface area contributed by atoms with Crippen LogP contribution in [0.4, 0.5) is 5.82 Å². The van der Waals surface area contributed by atoms with Gasteiger partial charge in [0.25, 0.3) is 5.91 Å². The number of imidazole rings is 1. The molecule has 0 unspecified atom stereocenters. The van der Waals surface area contributed by atoms with Gasteiger partial charge < -0.3 is 15.6 Å². The average molecular weight is 440 g/mol. The Balaban J connectivity index is 1.54. The van der Waals surface area contributed by atoms with E-state index < -0.39 is 0 Å². The maximum absolute atomic E-state index is 12.2. The number of pyridine rings is 2. The van der Waals surface area contributed by atoms with Crippen LogP contribution in [-0.2, 0) is 4.79 Å². The Morgan fingerprint density at radius 2 is 1.91 bits per heavy atom. The minimum Gasteiger partial charge on any atom is -0.355 e. The van der Waals surface area contributed by atoms with Gasteiger partial charge in [0.05, 0.1) is 16.5 Å². The molecular weight excluding hydrogens is 420 g/mol. The molecule has 4 N–H and O–H groups in total. The van der Waals surface area contributed by atoms with Crippen LogP contribution in [0.25, 0.3) is 44.7 Å². The number of H-pyrrole nitrogens is 2. The van der Waals surface area contributed by atoms with Crippen molar-refractivity contribution < 1.29 is 9.59 Å². The first-order valence-corrected chi connectivity index (χ1v) is 10.4. The number of hydrogen-bond acceptors (Lipinski definition) is 6. The summed E-state index contributed by atoms with van der Waals surface area (Å²) in [6, 6.07) is 11.0. The molecule has 0 fully saturated rings. The summed E-state index contributed by atoms with van der Waals surface area (Å²) in [6.07, 6.45) is 3.79. The second-order valence-corrected chi connectivity index (χ2v) is 7.39. The van der Waals surface area contributed by atoms with E-state index in [4.69, 9.17) is 0 Å². The highest BCUT2D eigenvalue weighted by Gasteiger charge is 2.17. The number of aromatic nitrogens is 6.